The van der Waals surface area contributed by atoms with Gasteiger partial charge in [-0.3, -0.25) is 14.9 Å². The van der Waals surface area contributed by atoms with Crippen LogP contribution in [0.3, 0.4) is 0 Å². The van der Waals surface area contributed by atoms with E-state index in [1.165, 1.54) is 7.11 Å². The molecule has 0 aromatic heterocycles. The van der Waals surface area contributed by atoms with Gasteiger partial charge in [0.15, 0.2) is 0 Å². The number of anilines is 1. The van der Waals surface area contributed by atoms with Crippen LogP contribution in [-0.4, -0.2) is 38.0 Å². The summed E-state index contributed by atoms with van der Waals surface area (Å²) < 4.78 is 4.64. The first-order chi connectivity index (χ1) is 9.60. The number of amides is 2. The second-order valence-electron chi connectivity index (χ2n) is 5.01. The van der Waals surface area contributed by atoms with Crippen LogP contribution in [-0.2, 0) is 14.3 Å². The highest BCUT2D eigenvalue weighted by Gasteiger charge is 2.47. The molecule has 0 aliphatic carbocycles. The minimum Gasteiger partial charge on any atom is -0.465 e. The number of fused-ring (bicyclic) bond motifs is 1. The van der Waals surface area contributed by atoms with E-state index in [0.29, 0.717) is 18.7 Å². The number of hydrogen-bond donors (Lipinski definition) is 1. The van der Waals surface area contributed by atoms with Gasteiger partial charge in [-0.05, 0) is 24.3 Å². The second kappa shape index (κ2) is 4.63. The maximum absolute atomic E-state index is 11.6. The number of nitrogens with zero attached hydrogens (tertiary/aromatic N) is 1. The van der Waals surface area contributed by atoms with Gasteiger partial charge in [-0.2, -0.15) is 0 Å². The first kappa shape index (κ1) is 12.7. The maximum Gasteiger partial charge on any atom is 0.337 e. The number of hydrogen-bond acceptors (Lipinski definition) is 5. The summed E-state index contributed by atoms with van der Waals surface area (Å²) in [5, 5.41) is 2.36. The molecule has 1 N–H and O–H groups in total. The SMILES string of the molecule is COC(=O)c1ccc(N2C[C@@H]3C(=O)NC(=O)[C@@H]3C2)cc1. The minimum atomic E-state index is -0.385. The molecule has 0 spiro atoms. The van der Waals surface area contributed by atoms with Crippen LogP contribution in [0.2, 0.25) is 0 Å². The van der Waals surface area contributed by atoms with E-state index in [0.717, 1.165) is 5.69 Å². The Hall–Kier alpha value is -2.37. The van der Waals surface area contributed by atoms with Gasteiger partial charge < -0.3 is 9.64 Å². The third kappa shape index (κ3) is 1.93. The predicted octanol–water partition coefficient (Wildman–Crippen LogP) is 0.182. The lowest BCUT2D eigenvalue weighted by Crippen LogP contribution is -2.31. The van der Waals surface area contributed by atoms with Crippen molar-refractivity contribution in [2.45, 2.75) is 0 Å². The molecule has 104 valence electrons. The molecule has 6 heteroatoms. The maximum atomic E-state index is 11.6. The Kier molecular flexibility index (Phi) is 2.93. The normalized spacial score (nSPS) is 24.6. The molecule has 2 fully saturated rings. The van der Waals surface area contributed by atoms with E-state index in [4.69, 9.17) is 0 Å². The summed E-state index contributed by atoms with van der Waals surface area (Å²) in [6.07, 6.45) is 0. The van der Waals surface area contributed by atoms with Crippen molar-refractivity contribution < 1.29 is 19.1 Å². The molecule has 0 bridgehead atoms. The van der Waals surface area contributed by atoms with Gasteiger partial charge in [0.2, 0.25) is 11.8 Å². The van der Waals surface area contributed by atoms with Crippen LogP contribution in [0.1, 0.15) is 10.4 Å². The third-order valence-electron chi connectivity index (χ3n) is 3.89. The highest BCUT2D eigenvalue weighted by molar-refractivity contribution is 6.06. The monoisotopic (exact) mass is 274 g/mol. The predicted molar refractivity (Wildman–Crippen MR) is 70.1 cm³/mol. The number of imide groups is 1. The molecule has 2 aliphatic heterocycles. The quantitative estimate of drug-likeness (QED) is 0.615. The van der Waals surface area contributed by atoms with E-state index in [1.807, 2.05) is 4.90 Å². The zero-order chi connectivity index (χ0) is 14.3. The Balaban J connectivity index is 1.77. The molecule has 0 radical (unpaired) electrons. The molecule has 2 heterocycles. The highest BCUT2D eigenvalue weighted by atomic mass is 16.5. The number of benzene rings is 1. The first-order valence-corrected chi connectivity index (χ1v) is 6.38. The summed E-state index contributed by atoms with van der Waals surface area (Å²) in [5.41, 5.74) is 1.37. The zero-order valence-corrected chi connectivity index (χ0v) is 11.0. The number of methoxy groups -OCH3 is 1. The molecule has 2 amide bonds. The summed E-state index contributed by atoms with van der Waals surface area (Å²) in [5.74, 6) is -1.28. The lowest BCUT2D eigenvalue weighted by molar-refractivity contribution is -0.126. The number of carbonyl (C=O) groups is 3. The average molecular weight is 274 g/mol. The Bertz CT molecular complexity index is 559. The molecule has 0 saturated carbocycles. The smallest absolute Gasteiger partial charge is 0.337 e. The molecule has 1 aromatic rings. The fourth-order valence-electron chi connectivity index (χ4n) is 2.78. The van der Waals surface area contributed by atoms with Gasteiger partial charge in [0, 0.05) is 18.8 Å². The molecule has 3 rings (SSSR count). The van der Waals surface area contributed by atoms with E-state index in [9.17, 15) is 14.4 Å². The van der Waals surface area contributed by atoms with Crippen LogP contribution >= 0.6 is 0 Å². The van der Waals surface area contributed by atoms with Gasteiger partial charge in [-0.15, -0.1) is 0 Å². The highest BCUT2D eigenvalue weighted by Crippen LogP contribution is 2.31. The number of nitrogens with one attached hydrogen (secondary N) is 1. The van der Waals surface area contributed by atoms with Crippen LogP contribution in [0, 0.1) is 11.8 Å². The summed E-state index contributed by atoms with van der Waals surface area (Å²) in [6.45, 7) is 1.06. The largest absolute Gasteiger partial charge is 0.465 e. The average Bonchev–Trinajstić information content (AvgIpc) is 3.01. The van der Waals surface area contributed by atoms with Crippen molar-refractivity contribution >= 4 is 23.5 Å². The lowest BCUT2D eigenvalue weighted by Gasteiger charge is -2.19. The first-order valence-electron chi connectivity index (χ1n) is 6.38. The summed E-state index contributed by atoms with van der Waals surface area (Å²) in [4.78, 5) is 36.6. The summed E-state index contributed by atoms with van der Waals surface area (Å²) in [6, 6.07) is 6.96. The minimum absolute atomic E-state index is 0.186. The Morgan fingerprint density at radius 3 is 2.20 bits per heavy atom. The fraction of sp³-hybridized carbons (Fsp3) is 0.357. The van der Waals surface area contributed by atoms with Gasteiger partial charge in [0.25, 0.3) is 0 Å². The lowest BCUT2D eigenvalue weighted by atomic mass is 10.00. The standard InChI is InChI=1S/C14H14N2O4/c1-20-14(19)8-2-4-9(5-3-8)16-6-10-11(7-16)13(18)15-12(10)17/h2-5,10-11H,6-7H2,1H3,(H,15,17,18)/t10-,11+. The molecule has 2 atom stereocenters. The van der Waals surface area contributed by atoms with Crippen molar-refractivity contribution in [2.75, 3.05) is 25.1 Å². The molecular formula is C14H14N2O4. The summed E-state index contributed by atoms with van der Waals surface area (Å²) in [7, 11) is 1.34. The summed E-state index contributed by atoms with van der Waals surface area (Å²) >= 11 is 0. The van der Waals surface area contributed by atoms with E-state index < -0.39 is 0 Å². The number of ether oxygens (including phenoxy) is 1. The van der Waals surface area contributed by atoms with Crippen LogP contribution in [0.5, 0.6) is 0 Å². The van der Waals surface area contributed by atoms with Crippen molar-refractivity contribution in [3.63, 3.8) is 0 Å². The van der Waals surface area contributed by atoms with E-state index in [2.05, 4.69) is 10.1 Å². The topological polar surface area (TPSA) is 75.7 Å². The van der Waals surface area contributed by atoms with Crippen molar-refractivity contribution in [3.05, 3.63) is 29.8 Å². The molecule has 6 nitrogen and oxygen atoms in total. The van der Waals surface area contributed by atoms with Crippen molar-refractivity contribution in [2.24, 2.45) is 11.8 Å². The van der Waals surface area contributed by atoms with Gasteiger partial charge in [-0.25, -0.2) is 4.79 Å². The van der Waals surface area contributed by atoms with Gasteiger partial charge >= 0.3 is 5.97 Å². The van der Waals surface area contributed by atoms with Crippen LogP contribution in [0.15, 0.2) is 24.3 Å². The van der Waals surface area contributed by atoms with Crippen molar-refractivity contribution in [1.29, 1.82) is 0 Å². The molecule has 2 saturated heterocycles. The Morgan fingerprint density at radius 2 is 1.70 bits per heavy atom. The zero-order valence-electron chi connectivity index (χ0n) is 11.0. The number of esters is 1. The Labute approximate surface area is 115 Å². The van der Waals surface area contributed by atoms with Crippen molar-refractivity contribution in [1.82, 2.24) is 5.32 Å². The van der Waals surface area contributed by atoms with Crippen LogP contribution in [0.25, 0.3) is 0 Å². The number of carbonyl (C=O) groups excluding carboxylic acids is 3. The molecule has 0 unspecified atom stereocenters. The number of rotatable bonds is 2. The fourth-order valence-corrected chi connectivity index (χ4v) is 2.78. The third-order valence-corrected chi connectivity index (χ3v) is 3.89. The van der Waals surface area contributed by atoms with E-state index in [-0.39, 0.29) is 29.6 Å². The van der Waals surface area contributed by atoms with Gasteiger partial charge in [0.1, 0.15) is 0 Å². The van der Waals surface area contributed by atoms with Crippen LogP contribution in [0.4, 0.5) is 5.69 Å². The van der Waals surface area contributed by atoms with E-state index in [1.54, 1.807) is 24.3 Å². The van der Waals surface area contributed by atoms with E-state index >= 15 is 0 Å². The van der Waals surface area contributed by atoms with Gasteiger partial charge in [-0.1, -0.05) is 0 Å². The molecule has 2 aliphatic rings. The van der Waals surface area contributed by atoms with Gasteiger partial charge in [0.05, 0.1) is 24.5 Å². The second-order valence-corrected chi connectivity index (χ2v) is 5.01. The van der Waals surface area contributed by atoms with Crippen molar-refractivity contribution in [3.8, 4) is 0 Å². The Morgan fingerprint density at radius 1 is 1.15 bits per heavy atom. The molecule has 1 aromatic carbocycles. The molecular weight excluding hydrogens is 260 g/mol. The molecule has 20 heavy (non-hydrogen) atoms. The van der Waals surface area contributed by atoms with Crippen LogP contribution < -0.4 is 10.2 Å².